The Morgan fingerprint density at radius 2 is 2.12 bits per heavy atom. The highest BCUT2D eigenvalue weighted by molar-refractivity contribution is 5.76. The zero-order chi connectivity index (χ0) is 17.2. The molecule has 6 heteroatoms. The van der Waals surface area contributed by atoms with Crippen LogP contribution in [0.2, 0.25) is 0 Å². The van der Waals surface area contributed by atoms with Gasteiger partial charge in [-0.3, -0.25) is 0 Å². The molecule has 0 spiro atoms. The summed E-state index contributed by atoms with van der Waals surface area (Å²) in [6, 6.07) is 8.34. The maximum atomic E-state index is 12.2. The number of likely N-dealkylation sites (tertiary alicyclic amines) is 1. The smallest absolute Gasteiger partial charge is 0.315 e. The second kappa shape index (κ2) is 7.04. The summed E-state index contributed by atoms with van der Waals surface area (Å²) >= 11 is 0. The largest absolute Gasteiger partial charge is 0.336 e. The number of aryl methyl sites for hydroxylation is 1. The van der Waals surface area contributed by atoms with Gasteiger partial charge in [0.25, 0.3) is 0 Å². The Balaban J connectivity index is 1.23. The van der Waals surface area contributed by atoms with Crippen LogP contribution in [-0.2, 0) is 6.54 Å². The number of imidazole rings is 1. The van der Waals surface area contributed by atoms with Gasteiger partial charge in [-0.05, 0) is 44.2 Å². The second-order valence-electron chi connectivity index (χ2n) is 7.39. The van der Waals surface area contributed by atoms with Crippen molar-refractivity contribution in [3.63, 3.8) is 0 Å². The van der Waals surface area contributed by atoms with Gasteiger partial charge in [-0.2, -0.15) is 0 Å². The molecule has 1 aromatic heterocycles. The van der Waals surface area contributed by atoms with Gasteiger partial charge < -0.3 is 20.1 Å². The minimum atomic E-state index is -0.0552. The number of benzene rings is 1. The van der Waals surface area contributed by atoms with Crippen molar-refractivity contribution >= 4 is 17.1 Å². The molecule has 0 radical (unpaired) electrons. The number of nitrogens with one attached hydrogen (secondary N) is 2. The number of rotatable bonds is 6. The molecule has 1 saturated heterocycles. The molecule has 2 amide bonds. The first kappa shape index (κ1) is 16.4. The van der Waals surface area contributed by atoms with E-state index in [1.165, 1.54) is 19.4 Å². The molecule has 2 heterocycles. The lowest BCUT2D eigenvalue weighted by Gasteiger charge is -2.16. The summed E-state index contributed by atoms with van der Waals surface area (Å²) in [4.78, 5) is 19.2. The van der Waals surface area contributed by atoms with Crippen molar-refractivity contribution in [1.82, 2.24) is 25.1 Å². The average Bonchev–Trinajstić information content (AvgIpc) is 3.21. The first-order valence-electron chi connectivity index (χ1n) is 9.37. The molecule has 1 atom stereocenters. The van der Waals surface area contributed by atoms with Crippen LogP contribution in [0.1, 0.15) is 25.1 Å². The van der Waals surface area contributed by atoms with Crippen LogP contribution < -0.4 is 10.6 Å². The van der Waals surface area contributed by atoms with Gasteiger partial charge >= 0.3 is 6.03 Å². The first-order valence-corrected chi connectivity index (χ1v) is 9.37. The van der Waals surface area contributed by atoms with Crippen molar-refractivity contribution < 1.29 is 4.79 Å². The van der Waals surface area contributed by atoms with E-state index < -0.39 is 0 Å². The molecule has 1 aliphatic carbocycles. The van der Waals surface area contributed by atoms with E-state index in [1.54, 1.807) is 0 Å². The van der Waals surface area contributed by atoms with Gasteiger partial charge in [-0.25, -0.2) is 9.78 Å². The van der Waals surface area contributed by atoms with Crippen molar-refractivity contribution in [3.8, 4) is 0 Å². The molecule has 2 aromatic rings. The van der Waals surface area contributed by atoms with E-state index in [1.807, 2.05) is 25.1 Å². The molecule has 134 valence electrons. The molecule has 4 rings (SSSR count). The third-order valence-electron chi connectivity index (χ3n) is 5.29. The van der Waals surface area contributed by atoms with Crippen LogP contribution in [-0.4, -0.2) is 52.7 Å². The summed E-state index contributed by atoms with van der Waals surface area (Å²) in [5.41, 5.74) is 2.12. The molecular formula is C19H27N5O. The normalized spacial score (nSPS) is 20.9. The van der Waals surface area contributed by atoms with Crippen LogP contribution in [0.4, 0.5) is 4.79 Å². The van der Waals surface area contributed by atoms with Gasteiger partial charge in [0.2, 0.25) is 0 Å². The molecule has 2 N–H and O–H groups in total. The molecule has 1 aliphatic heterocycles. The predicted molar refractivity (Wildman–Crippen MR) is 98.6 cm³/mol. The molecule has 1 saturated carbocycles. The van der Waals surface area contributed by atoms with E-state index in [-0.39, 0.29) is 12.1 Å². The SMILES string of the molecule is Cc1nc2ccccc2n1CCNC(=O)N[C@@H]1CCN(CC2CC2)C1. The zero-order valence-electron chi connectivity index (χ0n) is 14.9. The molecule has 0 bridgehead atoms. The standard InChI is InChI=1S/C19H27N5O/c1-14-21-17-4-2-3-5-18(17)24(14)11-9-20-19(25)22-16-8-10-23(13-16)12-15-6-7-15/h2-5,15-16H,6-13H2,1H3,(H2,20,22,25)/t16-/m1/s1. The molecule has 2 aliphatic rings. The molecule has 6 nitrogen and oxygen atoms in total. The van der Waals surface area contributed by atoms with Gasteiger partial charge in [-0.15, -0.1) is 0 Å². The second-order valence-corrected chi connectivity index (χ2v) is 7.39. The van der Waals surface area contributed by atoms with Crippen LogP contribution in [0.15, 0.2) is 24.3 Å². The van der Waals surface area contributed by atoms with Gasteiger partial charge in [0, 0.05) is 38.8 Å². The van der Waals surface area contributed by atoms with E-state index in [0.29, 0.717) is 6.54 Å². The summed E-state index contributed by atoms with van der Waals surface area (Å²) in [6.07, 6.45) is 3.83. The fraction of sp³-hybridized carbons (Fsp3) is 0.579. The summed E-state index contributed by atoms with van der Waals surface area (Å²) in [5, 5.41) is 6.11. The van der Waals surface area contributed by atoms with Gasteiger partial charge in [-0.1, -0.05) is 12.1 Å². The number of amides is 2. The van der Waals surface area contributed by atoms with Crippen molar-refractivity contribution in [2.75, 3.05) is 26.2 Å². The molecule has 1 aromatic carbocycles. The van der Waals surface area contributed by atoms with Crippen LogP contribution in [0.25, 0.3) is 11.0 Å². The average molecular weight is 341 g/mol. The van der Waals surface area contributed by atoms with Crippen LogP contribution in [0.3, 0.4) is 0 Å². The van der Waals surface area contributed by atoms with E-state index in [0.717, 1.165) is 48.8 Å². The Hall–Kier alpha value is -2.08. The summed E-state index contributed by atoms with van der Waals surface area (Å²) in [6.45, 7) is 6.67. The predicted octanol–water partition coefficient (Wildman–Crippen LogP) is 2.13. The monoisotopic (exact) mass is 341 g/mol. The number of carbonyl (C=O) groups excluding carboxylic acids is 1. The van der Waals surface area contributed by atoms with Gasteiger partial charge in [0.1, 0.15) is 5.82 Å². The number of urea groups is 1. The van der Waals surface area contributed by atoms with Crippen molar-refractivity contribution in [2.24, 2.45) is 5.92 Å². The summed E-state index contributed by atoms with van der Waals surface area (Å²) in [7, 11) is 0. The lowest BCUT2D eigenvalue weighted by atomic mass is 10.3. The highest BCUT2D eigenvalue weighted by Crippen LogP contribution is 2.30. The Bertz CT molecular complexity index is 751. The number of fused-ring (bicyclic) bond motifs is 1. The first-order chi connectivity index (χ1) is 12.2. The molecule has 25 heavy (non-hydrogen) atoms. The molecule has 2 fully saturated rings. The van der Waals surface area contributed by atoms with Crippen LogP contribution in [0, 0.1) is 12.8 Å². The van der Waals surface area contributed by atoms with Crippen LogP contribution >= 0.6 is 0 Å². The minimum Gasteiger partial charge on any atom is -0.336 e. The maximum Gasteiger partial charge on any atom is 0.315 e. The topological polar surface area (TPSA) is 62.2 Å². The van der Waals surface area contributed by atoms with Crippen molar-refractivity contribution in [3.05, 3.63) is 30.1 Å². The molecular weight excluding hydrogens is 314 g/mol. The lowest BCUT2D eigenvalue weighted by Crippen LogP contribution is -2.44. The van der Waals surface area contributed by atoms with Crippen molar-refractivity contribution in [2.45, 2.75) is 38.8 Å². The number of hydrogen-bond donors (Lipinski definition) is 2. The Kier molecular flexibility index (Phi) is 4.61. The van der Waals surface area contributed by atoms with E-state index >= 15 is 0 Å². The Morgan fingerprint density at radius 1 is 1.28 bits per heavy atom. The highest BCUT2D eigenvalue weighted by Gasteiger charge is 2.29. The van der Waals surface area contributed by atoms with Gasteiger partial charge in [0.05, 0.1) is 11.0 Å². The van der Waals surface area contributed by atoms with Crippen LogP contribution in [0.5, 0.6) is 0 Å². The quantitative estimate of drug-likeness (QED) is 0.846. The van der Waals surface area contributed by atoms with E-state index in [2.05, 4.69) is 31.2 Å². The van der Waals surface area contributed by atoms with E-state index in [9.17, 15) is 4.79 Å². The van der Waals surface area contributed by atoms with Gasteiger partial charge in [0.15, 0.2) is 0 Å². The minimum absolute atomic E-state index is 0.0552. The maximum absolute atomic E-state index is 12.2. The number of carbonyl (C=O) groups is 1. The van der Waals surface area contributed by atoms with Crippen molar-refractivity contribution in [1.29, 1.82) is 0 Å². The highest BCUT2D eigenvalue weighted by atomic mass is 16.2. The fourth-order valence-electron chi connectivity index (χ4n) is 3.78. The third-order valence-corrected chi connectivity index (χ3v) is 5.29. The number of nitrogens with zero attached hydrogens (tertiary/aromatic N) is 3. The number of aromatic nitrogens is 2. The lowest BCUT2D eigenvalue weighted by molar-refractivity contribution is 0.235. The fourth-order valence-corrected chi connectivity index (χ4v) is 3.78. The summed E-state index contributed by atoms with van der Waals surface area (Å²) in [5.74, 6) is 1.90. The molecule has 0 unspecified atom stereocenters. The number of hydrogen-bond acceptors (Lipinski definition) is 3. The Morgan fingerprint density at radius 3 is 2.96 bits per heavy atom. The Labute approximate surface area is 148 Å². The zero-order valence-corrected chi connectivity index (χ0v) is 14.9. The third kappa shape index (κ3) is 3.95. The number of para-hydroxylation sites is 2. The summed E-state index contributed by atoms with van der Waals surface area (Å²) < 4.78 is 2.16. The van der Waals surface area contributed by atoms with E-state index in [4.69, 9.17) is 0 Å².